The molecule has 172 valence electrons. The maximum Gasteiger partial charge on any atom is 0.262 e. The molecule has 0 aliphatic carbocycles. The molecule has 2 N–H and O–H groups in total. The number of rotatable bonds is 7. The SMILES string of the molecule is Cc1ccccc1S(=O)(=O)Nc1cccc(C(=O)N2CCC[C@@H]2C(=O)NCc2ccco2)c1. The van der Waals surface area contributed by atoms with E-state index in [9.17, 15) is 18.0 Å². The summed E-state index contributed by atoms with van der Waals surface area (Å²) in [6, 6.07) is 15.9. The molecule has 3 aromatic rings. The minimum absolute atomic E-state index is 0.176. The molecule has 0 unspecified atom stereocenters. The van der Waals surface area contributed by atoms with Gasteiger partial charge in [-0.05, 0) is 61.7 Å². The van der Waals surface area contributed by atoms with Crippen LogP contribution in [0.5, 0.6) is 0 Å². The molecule has 1 aliphatic rings. The minimum Gasteiger partial charge on any atom is -0.467 e. The monoisotopic (exact) mass is 467 g/mol. The van der Waals surface area contributed by atoms with Crippen LogP contribution in [0.25, 0.3) is 0 Å². The number of amides is 2. The lowest BCUT2D eigenvalue weighted by atomic mass is 10.1. The highest BCUT2D eigenvalue weighted by atomic mass is 32.2. The third-order valence-electron chi connectivity index (χ3n) is 5.58. The molecule has 0 bridgehead atoms. The van der Waals surface area contributed by atoms with E-state index >= 15 is 0 Å². The molecule has 1 aliphatic heterocycles. The lowest BCUT2D eigenvalue weighted by Gasteiger charge is -2.24. The Bertz CT molecular complexity index is 1250. The van der Waals surface area contributed by atoms with Gasteiger partial charge in [-0.1, -0.05) is 24.3 Å². The van der Waals surface area contributed by atoms with E-state index in [-0.39, 0.29) is 28.9 Å². The van der Waals surface area contributed by atoms with Crippen molar-refractivity contribution in [3.63, 3.8) is 0 Å². The molecule has 8 nitrogen and oxygen atoms in total. The molecule has 33 heavy (non-hydrogen) atoms. The number of hydrogen-bond acceptors (Lipinski definition) is 5. The average Bonchev–Trinajstić information content (AvgIpc) is 3.49. The fourth-order valence-electron chi connectivity index (χ4n) is 3.94. The van der Waals surface area contributed by atoms with Crippen LogP contribution in [0.15, 0.2) is 76.2 Å². The van der Waals surface area contributed by atoms with Gasteiger partial charge >= 0.3 is 0 Å². The molecule has 1 aromatic heterocycles. The second-order valence-corrected chi connectivity index (χ2v) is 9.56. The smallest absolute Gasteiger partial charge is 0.262 e. The van der Waals surface area contributed by atoms with Crippen LogP contribution in [0, 0.1) is 6.92 Å². The Morgan fingerprint density at radius 1 is 1.09 bits per heavy atom. The van der Waals surface area contributed by atoms with Crippen molar-refractivity contribution in [2.75, 3.05) is 11.3 Å². The fourth-order valence-corrected chi connectivity index (χ4v) is 5.23. The first kappa shape index (κ1) is 22.6. The van der Waals surface area contributed by atoms with Gasteiger partial charge < -0.3 is 14.6 Å². The van der Waals surface area contributed by atoms with Crippen LogP contribution in [-0.2, 0) is 21.4 Å². The van der Waals surface area contributed by atoms with Crippen LogP contribution >= 0.6 is 0 Å². The summed E-state index contributed by atoms with van der Waals surface area (Å²) in [5, 5.41) is 2.81. The van der Waals surface area contributed by atoms with Gasteiger partial charge in [-0.3, -0.25) is 14.3 Å². The van der Waals surface area contributed by atoms with Crippen LogP contribution < -0.4 is 10.0 Å². The van der Waals surface area contributed by atoms with E-state index in [2.05, 4.69) is 10.0 Å². The molecule has 0 saturated carbocycles. The molecular formula is C24H25N3O5S. The molecule has 1 fully saturated rings. The topological polar surface area (TPSA) is 109 Å². The summed E-state index contributed by atoms with van der Waals surface area (Å²) in [6.45, 7) is 2.43. The molecule has 0 spiro atoms. The number of carbonyl (C=O) groups excluding carboxylic acids is 2. The standard InChI is InChI=1S/C24H25N3O5S/c1-17-7-2-3-12-22(17)33(30,31)26-19-9-4-8-18(15-19)24(29)27-13-5-11-21(27)23(28)25-16-20-10-6-14-32-20/h2-4,6-10,12,14-15,21,26H,5,11,13,16H2,1H3,(H,25,28)/t21-/m1/s1. The highest BCUT2D eigenvalue weighted by molar-refractivity contribution is 7.92. The van der Waals surface area contributed by atoms with Gasteiger partial charge in [0.05, 0.1) is 17.7 Å². The van der Waals surface area contributed by atoms with E-state index in [4.69, 9.17) is 4.42 Å². The first-order valence-corrected chi connectivity index (χ1v) is 12.1. The Labute approximate surface area is 192 Å². The second kappa shape index (κ2) is 9.50. The number of furan rings is 1. The van der Waals surface area contributed by atoms with Crippen molar-refractivity contribution < 1.29 is 22.4 Å². The number of anilines is 1. The first-order valence-electron chi connectivity index (χ1n) is 10.6. The predicted molar refractivity (Wildman–Crippen MR) is 123 cm³/mol. The van der Waals surface area contributed by atoms with Crippen molar-refractivity contribution in [1.29, 1.82) is 0 Å². The molecule has 2 amide bonds. The van der Waals surface area contributed by atoms with E-state index in [1.54, 1.807) is 55.5 Å². The maximum absolute atomic E-state index is 13.2. The minimum atomic E-state index is -3.81. The summed E-state index contributed by atoms with van der Waals surface area (Å²) in [6.07, 6.45) is 2.81. The summed E-state index contributed by atoms with van der Waals surface area (Å²) in [5.74, 6) is 0.0732. The van der Waals surface area contributed by atoms with E-state index in [1.165, 1.54) is 23.3 Å². The maximum atomic E-state index is 13.2. The third kappa shape index (κ3) is 5.09. The van der Waals surface area contributed by atoms with Crippen molar-refractivity contribution >= 4 is 27.5 Å². The number of carbonyl (C=O) groups is 2. The first-order chi connectivity index (χ1) is 15.8. The van der Waals surface area contributed by atoms with Gasteiger partial charge in [0.2, 0.25) is 5.91 Å². The fraction of sp³-hybridized carbons (Fsp3) is 0.250. The molecule has 0 radical (unpaired) electrons. The van der Waals surface area contributed by atoms with Crippen molar-refractivity contribution in [3.05, 3.63) is 83.8 Å². The average molecular weight is 468 g/mol. The zero-order valence-corrected chi connectivity index (χ0v) is 19.0. The number of nitrogens with zero attached hydrogens (tertiary/aromatic N) is 1. The summed E-state index contributed by atoms with van der Waals surface area (Å²) in [5.41, 5.74) is 1.21. The van der Waals surface area contributed by atoms with Gasteiger partial charge in [0, 0.05) is 17.8 Å². The molecule has 1 saturated heterocycles. The van der Waals surface area contributed by atoms with Gasteiger partial charge in [-0.15, -0.1) is 0 Å². The van der Waals surface area contributed by atoms with Crippen molar-refractivity contribution in [2.24, 2.45) is 0 Å². The molecule has 2 aromatic carbocycles. The summed E-state index contributed by atoms with van der Waals surface area (Å²) in [7, 11) is -3.81. The van der Waals surface area contributed by atoms with Crippen LogP contribution in [0.3, 0.4) is 0 Å². The molecule has 9 heteroatoms. The number of hydrogen-bond donors (Lipinski definition) is 2. The highest BCUT2D eigenvalue weighted by Crippen LogP contribution is 2.24. The number of aryl methyl sites for hydroxylation is 1. The van der Waals surface area contributed by atoms with E-state index in [0.29, 0.717) is 36.3 Å². The van der Waals surface area contributed by atoms with Crippen molar-refractivity contribution in [2.45, 2.75) is 37.2 Å². The van der Waals surface area contributed by atoms with Gasteiger partial charge in [0.1, 0.15) is 11.8 Å². The third-order valence-corrected chi connectivity index (χ3v) is 7.12. The number of likely N-dealkylation sites (tertiary alicyclic amines) is 1. The lowest BCUT2D eigenvalue weighted by Crippen LogP contribution is -2.45. The summed E-state index contributed by atoms with van der Waals surface area (Å²) in [4.78, 5) is 27.6. The Morgan fingerprint density at radius 2 is 1.91 bits per heavy atom. The number of benzene rings is 2. The molecular weight excluding hydrogens is 442 g/mol. The quantitative estimate of drug-likeness (QED) is 0.554. The number of sulfonamides is 1. The van der Waals surface area contributed by atoms with E-state index < -0.39 is 16.1 Å². The summed E-state index contributed by atoms with van der Waals surface area (Å²) < 4.78 is 33.4. The lowest BCUT2D eigenvalue weighted by molar-refractivity contribution is -0.125. The second-order valence-electron chi connectivity index (χ2n) is 7.91. The Balaban J connectivity index is 1.47. The normalized spacial score (nSPS) is 15.9. The Morgan fingerprint density at radius 3 is 2.67 bits per heavy atom. The molecule has 2 heterocycles. The van der Waals surface area contributed by atoms with Gasteiger partial charge in [0.25, 0.3) is 15.9 Å². The van der Waals surface area contributed by atoms with Gasteiger partial charge in [-0.2, -0.15) is 0 Å². The molecule has 4 rings (SSSR count). The predicted octanol–water partition coefficient (Wildman–Crippen LogP) is 3.31. The van der Waals surface area contributed by atoms with Crippen molar-refractivity contribution in [1.82, 2.24) is 10.2 Å². The van der Waals surface area contributed by atoms with E-state index in [1.807, 2.05) is 0 Å². The van der Waals surface area contributed by atoms with Crippen molar-refractivity contribution in [3.8, 4) is 0 Å². The largest absolute Gasteiger partial charge is 0.467 e. The number of nitrogens with one attached hydrogen (secondary N) is 2. The summed E-state index contributed by atoms with van der Waals surface area (Å²) >= 11 is 0. The van der Waals surface area contributed by atoms with Crippen LogP contribution in [0.2, 0.25) is 0 Å². The zero-order chi connectivity index (χ0) is 23.4. The zero-order valence-electron chi connectivity index (χ0n) is 18.2. The van der Waals surface area contributed by atoms with E-state index in [0.717, 1.165) is 0 Å². The van der Waals surface area contributed by atoms with Crippen LogP contribution in [0.4, 0.5) is 5.69 Å². The Hall–Kier alpha value is -3.59. The van der Waals surface area contributed by atoms with Crippen LogP contribution in [-0.4, -0.2) is 37.7 Å². The molecule has 1 atom stereocenters. The van der Waals surface area contributed by atoms with Crippen LogP contribution in [0.1, 0.15) is 34.5 Å². The van der Waals surface area contributed by atoms with Gasteiger partial charge in [0.15, 0.2) is 0 Å². The van der Waals surface area contributed by atoms with Gasteiger partial charge in [-0.25, -0.2) is 8.42 Å². The highest BCUT2D eigenvalue weighted by Gasteiger charge is 2.34. The Kier molecular flexibility index (Phi) is 6.50.